The molecule has 0 N–H and O–H groups in total. The van der Waals surface area contributed by atoms with E-state index in [2.05, 4.69) is 278 Å². The zero-order chi connectivity index (χ0) is 43.9. The Balaban J connectivity index is 1.12. The van der Waals surface area contributed by atoms with E-state index >= 15 is 0 Å². The number of para-hydroxylation sites is 2. The highest BCUT2D eigenvalue weighted by Gasteiger charge is 2.47. The molecular weight excluding hydrogens is 795 g/mol. The van der Waals surface area contributed by atoms with E-state index in [4.69, 9.17) is 0 Å². The average molecular weight is 840 g/mol. The van der Waals surface area contributed by atoms with E-state index in [0.29, 0.717) is 0 Å². The predicted molar refractivity (Wildman–Crippen MR) is 278 cm³/mol. The Bertz CT molecular complexity index is 3470. The summed E-state index contributed by atoms with van der Waals surface area (Å²) in [5, 5.41) is 2.50. The zero-order valence-corrected chi connectivity index (χ0v) is 36.4. The lowest BCUT2D eigenvalue weighted by Crippen LogP contribution is -2.28. The second kappa shape index (κ2) is 16.6. The molecule has 0 bridgehead atoms. The minimum Gasteiger partial charge on any atom is -0.309 e. The van der Waals surface area contributed by atoms with E-state index in [1.54, 1.807) is 0 Å². The summed E-state index contributed by atoms with van der Waals surface area (Å²) < 4.78 is 0. The summed E-state index contributed by atoms with van der Waals surface area (Å²) in [6.07, 6.45) is 0. The van der Waals surface area contributed by atoms with Crippen LogP contribution >= 0.6 is 0 Å². The maximum Gasteiger partial charge on any atom is 0.0714 e. The van der Waals surface area contributed by atoms with Gasteiger partial charge in [-0.1, -0.05) is 249 Å². The highest BCUT2D eigenvalue weighted by atomic mass is 15.2. The number of hydrogen-bond acceptors (Lipinski definition) is 1. The van der Waals surface area contributed by atoms with Crippen molar-refractivity contribution in [3.05, 3.63) is 295 Å². The molecule has 66 heavy (non-hydrogen) atoms. The normalized spacial score (nSPS) is 12.4. The maximum atomic E-state index is 2.54. The summed E-state index contributed by atoms with van der Waals surface area (Å²) in [5.41, 5.74) is 19.7. The molecule has 1 heteroatoms. The first-order valence-electron chi connectivity index (χ1n) is 22.8. The Kier molecular flexibility index (Phi) is 9.81. The molecule has 0 unspecified atom stereocenters. The van der Waals surface area contributed by atoms with Gasteiger partial charge in [-0.25, -0.2) is 0 Å². The highest BCUT2D eigenvalue weighted by Crippen LogP contribution is 2.60. The SMILES string of the molecule is c1ccc(-c2cccc(-c3ccccc3N(c3ccccc3-c3ccc(-c4cccc5ccccc45)cc3)c3cccc4c3-c3ccccc3C4(c3ccccc3)c3ccccc3)c2)cc1. The van der Waals surface area contributed by atoms with Crippen LogP contribution in [0.1, 0.15) is 22.3 Å². The standard InChI is InChI=1S/C65H45N/c1-4-21-46(22-5-1)50-25-18-26-51(45-50)57-33-14-17-39-62(57)66(61-38-16-13-32-56(61)49-43-41-48(42-44-49)55-35-19-24-47-23-10-11-31-54(47)55)63-40-20-37-60-64(63)58-34-12-15-36-59(58)65(60,52-27-6-2-7-28-52)53-29-8-3-9-30-53/h1-45H. The zero-order valence-electron chi connectivity index (χ0n) is 36.4. The van der Waals surface area contributed by atoms with Gasteiger partial charge in [-0.15, -0.1) is 0 Å². The van der Waals surface area contributed by atoms with Crippen molar-refractivity contribution in [1.82, 2.24) is 0 Å². The lowest BCUT2D eigenvalue weighted by Gasteiger charge is -2.35. The van der Waals surface area contributed by atoms with Crippen LogP contribution in [0.5, 0.6) is 0 Å². The van der Waals surface area contributed by atoms with Crippen molar-refractivity contribution in [2.75, 3.05) is 4.90 Å². The summed E-state index contributed by atoms with van der Waals surface area (Å²) in [6.45, 7) is 0. The molecule has 0 saturated heterocycles. The van der Waals surface area contributed by atoms with Crippen molar-refractivity contribution >= 4 is 27.8 Å². The van der Waals surface area contributed by atoms with Gasteiger partial charge in [0, 0.05) is 16.7 Å². The van der Waals surface area contributed by atoms with Gasteiger partial charge in [0.05, 0.1) is 22.5 Å². The van der Waals surface area contributed by atoms with Gasteiger partial charge < -0.3 is 4.90 Å². The minimum atomic E-state index is -0.545. The van der Waals surface area contributed by atoms with Gasteiger partial charge in [0.1, 0.15) is 0 Å². The van der Waals surface area contributed by atoms with Gasteiger partial charge >= 0.3 is 0 Å². The van der Waals surface area contributed by atoms with Gasteiger partial charge in [-0.05, 0) is 96.2 Å². The average Bonchev–Trinajstić information content (AvgIpc) is 3.71. The van der Waals surface area contributed by atoms with E-state index in [-0.39, 0.29) is 0 Å². The minimum absolute atomic E-state index is 0.545. The first kappa shape index (κ1) is 39.1. The molecule has 0 amide bonds. The van der Waals surface area contributed by atoms with Crippen LogP contribution < -0.4 is 4.90 Å². The smallest absolute Gasteiger partial charge is 0.0714 e. The number of hydrogen-bond donors (Lipinski definition) is 0. The van der Waals surface area contributed by atoms with Gasteiger partial charge in [-0.2, -0.15) is 0 Å². The summed E-state index contributed by atoms with van der Waals surface area (Å²) in [4.78, 5) is 2.54. The van der Waals surface area contributed by atoms with Crippen molar-refractivity contribution in [3.8, 4) is 55.6 Å². The van der Waals surface area contributed by atoms with Crippen molar-refractivity contribution in [1.29, 1.82) is 0 Å². The number of anilines is 3. The van der Waals surface area contributed by atoms with Crippen molar-refractivity contribution in [2.45, 2.75) is 5.41 Å². The first-order chi connectivity index (χ1) is 32.8. The van der Waals surface area contributed by atoms with Crippen LogP contribution in [0, 0.1) is 0 Å². The first-order valence-corrected chi connectivity index (χ1v) is 22.8. The molecule has 12 rings (SSSR count). The molecule has 310 valence electrons. The van der Waals surface area contributed by atoms with Crippen molar-refractivity contribution in [2.24, 2.45) is 0 Å². The molecule has 1 nitrogen and oxygen atoms in total. The summed E-state index contributed by atoms with van der Waals surface area (Å²) in [6, 6.07) is 100. The van der Waals surface area contributed by atoms with E-state index in [9.17, 15) is 0 Å². The molecule has 0 fully saturated rings. The molecule has 0 aliphatic heterocycles. The molecule has 0 spiro atoms. The number of benzene rings is 11. The van der Waals surface area contributed by atoms with E-state index < -0.39 is 5.41 Å². The largest absolute Gasteiger partial charge is 0.309 e. The number of fused-ring (bicyclic) bond motifs is 4. The van der Waals surface area contributed by atoms with Gasteiger partial charge in [0.15, 0.2) is 0 Å². The summed E-state index contributed by atoms with van der Waals surface area (Å²) in [7, 11) is 0. The third-order valence-corrected chi connectivity index (χ3v) is 13.6. The van der Waals surface area contributed by atoms with Gasteiger partial charge in [0.25, 0.3) is 0 Å². The molecule has 0 atom stereocenters. The van der Waals surface area contributed by atoms with Crippen molar-refractivity contribution < 1.29 is 0 Å². The monoisotopic (exact) mass is 839 g/mol. The molecule has 11 aromatic rings. The molecule has 0 saturated carbocycles. The fraction of sp³-hybridized carbons (Fsp3) is 0.0154. The second-order valence-electron chi connectivity index (χ2n) is 17.1. The third kappa shape index (κ3) is 6.47. The number of rotatable bonds is 9. The second-order valence-corrected chi connectivity index (χ2v) is 17.1. The van der Waals surface area contributed by atoms with Crippen LogP contribution in [0.25, 0.3) is 66.4 Å². The van der Waals surface area contributed by atoms with Crippen molar-refractivity contribution in [3.63, 3.8) is 0 Å². The summed E-state index contributed by atoms with van der Waals surface area (Å²) >= 11 is 0. The molecule has 1 aliphatic carbocycles. The quantitative estimate of drug-likeness (QED) is 0.140. The van der Waals surface area contributed by atoms with Gasteiger partial charge in [-0.3, -0.25) is 0 Å². The van der Waals surface area contributed by atoms with Crippen LogP contribution in [0.4, 0.5) is 17.1 Å². The lowest BCUT2D eigenvalue weighted by atomic mass is 9.68. The fourth-order valence-corrected chi connectivity index (χ4v) is 10.7. The van der Waals surface area contributed by atoms with Crippen LogP contribution in [-0.4, -0.2) is 0 Å². The summed E-state index contributed by atoms with van der Waals surface area (Å²) in [5.74, 6) is 0. The molecule has 0 aromatic heterocycles. The Hall–Kier alpha value is -8.52. The fourth-order valence-electron chi connectivity index (χ4n) is 10.7. The van der Waals surface area contributed by atoms with E-state index in [1.165, 1.54) is 66.4 Å². The van der Waals surface area contributed by atoms with Crippen LogP contribution in [0.3, 0.4) is 0 Å². The molecule has 1 aliphatic rings. The van der Waals surface area contributed by atoms with Crippen LogP contribution in [0.2, 0.25) is 0 Å². The van der Waals surface area contributed by atoms with Crippen LogP contribution in [0.15, 0.2) is 273 Å². The Morgan fingerprint density at radius 1 is 0.258 bits per heavy atom. The van der Waals surface area contributed by atoms with E-state index in [0.717, 1.165) is 39.3 Å². The van der Waals surface area contributed by atoms with Gasteiger partial charge in [0.2, 0.25) is 0 Å². The van der Waals surface area contributed by atoms with Crippen LogP contribution in [-0.2, 0) is 5.41 Å². The molecule has 0 radical (unpaired) electrons. The maximum absolute atomic E-state index is 2.54. The lowest BCUT2D eigenvalue weighted by molar-refractivity contribution is 0.768. The molecular formula is C65H45N. The Morgan fingerprint density at radius 3 is 1.39 bits per heavy atom. The highest BCUT2D eigenvalue weighted by molar-refractivity contribution is 6.02. The predicted octanol–water partition coefficient (Wildman–Crippen LogP) is 17.3. The van der Waals surface area contributed by atoms with E-state index in [1.807, 2.05) is 0 Å². The Morgan fingerprint density at radius 2 is 0.697 bits per heavy atom. The molecule has 11 aromatic carbocycles. The molecule has 0 heterocycles. The third-order valence-electron chi connectivity index (χ3n) is 13.6. The Labute approximate surface area is 387 Å². The number of nitrogens with zero attached hydrogens (tertiary/aromatic N) is 1. The topological polar surface area (TPSA) is 3.24 Å².